The lowest BCUT2D eigenvalue weighted by Gasteiger charge is -2.34. The summed E-state index contributed by atoms with van der Waals surface area (Å²) < 4.78 is 0. The number of nitrogens with zero attached hydrogens (tertiary/aromatic N) is 8. The van der Waals surface area contributed by atoms with Gasteiger partial charge < -0.3 is 24.9 Å². The summed E-state index contributed by atoms with van der Waals surface area (Å²) in [7, 11) is 1.40. The van der Waals surface area contributed by atoms with Crippen molar-refractivity contribution >= 4 is 17.9 Å². The minimum Gasteiger partial charge on any atom is -0.465 e. The molecule has 15 heteroatoms. The standard InChI is InChI=1S/C45H51N11O4/c1-4-54(5-2)40(33-11-7-6-8-12-33)44(58)56-24-10-14-38(56)42-47-28-36(50-42)32-21-17-30(18-22-32)29-15-19-31(20-16-29)35-27-46-41(49-35)37-13-9-23-55(37)43(57)39(53(3)45(59)60)25-34-26-48-52-51-34/h6-8,11-12,15-22,26-28,37-40H,4-5,9-10,13-14,23-25H2,1-3H3,(H,46,49)(H,47,50)(H,59,60)(H,48,51,52)/t37-,38-,39-,40+/m0/s1. The lowest BCUT2D eigenvalue weighted by Crippen LogP contribution is -2.50. The molecule has 3 amide bonds. The third kappa shape index (κ3) is 8.17. The lowest BCUT2D eigenvalue weighted by atomic mass is 10.0. The molecule has 0 bridgehead atoms. The molecule has 60 heavy (non-hydrogen) atoms. The van der Waals surface area contributed by atoms with E-state index in [-0.39, 0.29) is 36.4 Å². The van der Waals surface area contributed by atoms with Crippen LogP contribution in [0.4, 0.5) is 4.79 Å². The summed E-state index contributed by atoms with van der Waals surface area (Å²) in [6.07, 6.45) is 7.43. The Morgan fingerprint density at radius 1 is 0.750 bits per heavy atom. The predicted octanol–water partition coefficient (Wildman–Crippen LogP) is 6.88. The van der Waals surface area contributed by atoms with E-state index in [4.69, 9.17) is 4.98 Å². The fraction of sp³-hybridized carbons (Fsp3) is 0.356. The Bertz CT molecular complexity index is 2370. The van der Waals surface area contributed by atoms with Gasteiger partial charge in [-0.15, -0.1) is 5.10 Å². The van der Waals surface area contributed by atoms with Crippen LogP contribution in [0.25, 0.3) is 33.6 Å². The molecule has 0 radical (unpaired) electrons. The molecular weight excluding hydrogens is 759 g/mol. The molecule has 2 fully saturated rings. The third-order valence-electron chi connectivity index (χ3n) is 12.1. The number of likely N-dealkylation sites (N-methyl/N-ethyl adjacent to an activating group) is 2. The summed E-state index contributed by atoms with van der Waals surface area (Å²) in [4.78, 5) is 63.5. The Morgan fingerprint density at radius 2 is 1.27 bits per heavy atom. The summed E-state index contributed by atoms with van der Waals surface area (Å²) in [5.41, 5.74) is 7.36. The molecule has 15 nitrogen and oxygen atoms in total. The van der Waals surface area contributed by atoms with Crippen molar-refractivity contribution in [3.8, 4) is 33.6 Å². The fourth-order valence-corrected chi connectivity index (χ4v) is 8.75. The average Bonchev–Trinajstić information content (AvgIpc) is 4.14. The van der Waals surface area contributed by atoms with Crippen molar-refractivity contribution in [3.63, 3.8) is 0 Å². The van der Waals surface area contributed by atoms with Gasteiger partial charge in [0, 0.05) is 32.8 Å². The normalized spacial score (nSPS) is 17.6. The van der Waals surface area contributed by atoms with E-state index >= 15 is 0 Å². The number of hydrogen-bond donors (Lipinski definition) is 4. The van der Waals surface area contributed by atoms with Crippen LogP contribution in [0.15, 0.2) is 97.5 Å². The number of likely N-dealkylation sites (tertiary alicyclic amines) is 2. The molecule has 0 saturated carbocycles. The Balaban J connectivity index is 0.929. The molecule has 4 atom stereocenters. The van der Waals surface area contributed by atoms with Crippen molar-refractivity contribution in [2.45, 2.75) is 70.1 Å². The van der Waals surface area contributed by atoms with Gasteiger partial charge >= 0.3 is 6.09 Å². The van der Waals surface area contributed by atoms with E-state index in [0.29, 0.717) is 31.0 Å². The van der Waals surface area contributed by atoms with Gasteiger partial charge in [-0.2, -0.15) is 0 Å². The number of amides is 3. The molecule has 5 heterocycles. The van der Waals surface area contributed by atoms with E-state index in [1.165, 1.54) is 7.05 Å². The van der Waals surface area contributed by atoms with Gasteiger partial charge in [-0.25, -0.2) is 14.8 Å². The number of carboxylic acid groups (broad SMARTS) is 1. The van der Waals surface area contributed by atoms with E-state index in [2.05, 4.69) is 85.5 Å². The number of hydrogen-bond acceptors (Lipinski definition) is 8. The Hall–Kier alpha value is -6.61. The number of nitrogens with one attached hydrogen (secondary N) is 3. The van der Waals surface area contributed by atoms with Crippen LogP contribution in [-0.4, -0.2) is 117 Å². The molecule has 6 aromatic rings. The molecule has 3 aromatic heterocycles. The minimum atomic E-state index is -1.19. The highest BCUT2D eigenvalue weighted by atomic mass is 16.4. The number of rotatable bonds is 14. The zero-order valence-corrected chi connectivity index (χ0v) is 34.2. The first-order valence-corrected chi connectivity index (χ1v) is 20.8. The number of H-pyrrole nitrogens is 3. The van der Waals surface area contributed by atoms with Crippen LogP contribution in [0.2, 0.25) is 0 Å². The summed E-state index contributed by atoms with van der Waals surface area (Å²) in [6, 6.07) is 25.0. The molecule has 0 spiro atoms. The topological polar surface area (TPSA) is 183 Å². The lowest BCUT2D eigenvalue weighted by molar-refractivity contribution is -0.138. The molecule has 2 aliphatic heterocycles. The number of carbonyl (C=O) groups excluding carboxylic acids is 2. The second kappa shape index (κ2) is 17.7. The van der Waals surface area contributed by atoms with Gasteiger partial charge in [0.25, 0.3) is 0 Å². The van der Waals surface area contributed by atoms with Crippen LogP contribution in [0.5, 0.6) is 0 Å². The van der Waals surface area contributed by atoms with Crippen molar-refractivity contribution < 1.29 is 19.5 Å². The van der Waals surface area contributed by atoms with Crippen LogP contribution in [0, 0.1) is 0 Å². The Morgan fingerprint density at radius 3 is 1.75 bits per heavy atom. The molecule has 0 aliphatic carbocycles. The van der Waals surface area contributed by atoms with E-state index in [9.17, 15) is 19.5 Å². The predicted molar refractivity (Wildman–Crippen MR) is 226 cm³/mol. The molecule has 3 aromatic carbocycles. The van der Waals surface area contributed by atoms with E-state index in [0.717, 1.165) is 82.3 Å². The maximum Gasteiger partial charge on any atom is 0.407 e. The number of benzene rings is 3. The third-order valence-corrected chi connectivity index (χ3v) is 12.1. The maximum atomic E-state index is 14.2. The van der Waals surface area contributed by atoms with Crippen molar-refractivity contribution in [1.29, 1.82) is 0 Å². The average molecular weight is 810 g/mol. The number of imidazole rings is 2. The van der Waals surface area contributed by atoms with Gasteiger partial charge in [0.15, 0.2) is 0 Å². The Labute approximate surface area is 348 Å². The molecule has 0 unspecified atom stereocenters. The SMILES string of the molecule is CCN(CC)[C@@H](C(=O)N1CCC[C@H]1c1ncc(-c2ccc(-c3ccc(-c4cnc([C@@H]5CCCN5C(=O)[C@H](Cc5c[nH]nn5)N(C)C(=O)O)[nH]4)cc3)cc2)[nH]1)c1ccccc1. The minimum absolute atomic E-state index is 0.106. The first-order chi connectivity index (χ1) is 29.2. The first-order valence-electron chi connectivity index (χ1n) is 20.8. The zero-order chi connectivity index (χ0) is 41.8. The van der Waals surface area contributed by atoms with Crippen LogP contribution in [0.1, 0.15) is 80.6 Å². The quantitative estimate of drug-likeness (QED) is 0.0911. The number of aromatic amines is 3. The molecule has 310 valence electrons. The second-order valence-corrected chi connectivity index (χ2v) is 15.5. The molecule has 8 rings (SSSR count). The summed E-state index contributed by atoms with van der Waals surface area (Å²) in [5.74, 6) is 1.31. The van der Waals surface area contributed by atoms with Crippen LogP contribution in [0.3, 0.4) is 0 Å². The van der Waals surface area contributed by atoms with E-state index in [1.807, 2.05) is 53.6 Å². The van der Waals surface area contributed by atoms with E-state index < -0.39 is 12.1 Å². The van der Waals surface area contributed by atoms with Gasteiger partial charge in [-0.3, -0.25) is 24.5 Å². The second-order valence-electron chi connectivity index (χ2n) is 15.5. The maximum absolute atomic E-state index is 14.2. The van der Waals surface area contributed by atoms with Gasteiger partial charge in [0.1, 0.15) is 23.7 Å². The Kier molecular flexibility index (Phi) is 11.9. The largest absolute Gasteiger partial charge is 0.465 e. The monoisotopic (exact) mass is 809 g/mol. The first kappa shape index (κ1) is 40.2. The summed E-state index contributed by atoms with van der Waals surface area (Å²) in [6.45, 7) is 6.99. The van der Waals surface area contributed by atoms with Crippen molar-refractivity contribution in [3.05, 3.63) is 120 Å². The van der Waals surface area contributed by atoms with Crippen LogP contribution < -0.4 is 0 Å². The van der Waals surface area contributed by atoms with Crippen molar-refractivity contribution in [2.24, 2.45) is 0 Å². The van der Waals surface area contributed by atoms with Gasteiger partial charge in [-0.1, -0.05) is 97.9 Å². The smallest absolute Gasteiger partial charge is 0.407 e. The van der Waals surface area contributed by atoms with Gasteiger partial charge in [0.05, 0.1) is 41.6 Å². The summed E-state index contributed by atoms with van der Waals surface area (Å²) >= 11 is 0. The molecule has 2 saturated heterocycles. The van der Waals surface area contributed by atoms with Crippen LogP contribution >= 0.6 is 0 Å². The molecule has 4 N–H and O–H groups in total. The molecular formula is C45H51N11O4. The van der Waals surface area contributed by atoms with Gasteiger partial charge in [0.2, 0.25) is 11.8 Å². The highest BCUT2D eigenvalue weighted by molar-refractivity contribution is 5.86. The highest BCUT2D eigenvalue weighted by Crippen LogP contribution is 2.37. The van der Waals surface area contributed by atoms with E-state index in [1.54, 1.807) is 17.3 Å². The number of carbonyl (C=O) groups is 3. The number of aromatic nitrogens is 7. The van der Waals surface area contributed by atoms with Crippen molar-refractivity contribution in [2.75, 3.05) is 33.2 Å². The highest BCUT2D eigenvalue weighted by Gasteiger charge is 2.40. The van der Waals surface area contributed by atoms with Gasteiger partial charge in [-0.05, 0) is 66.6 Å². The van der Waals surface area contributed by atoms with Crippen LogP contribution in [-0.2, 0) is 16.0 Å². The van der Waals surface area contributed by atoms with Crippen molar-refractivity contribution in [1.82, 2.24) is 54.9 Å². The zero-order valence-electron chi connectivity index (χ0n) is 34.2. The molecule has 2 aliphatic rings. The summed E-state index contributed by atoms with van der Waals surface area (Å²) in [5, 5.41) is 20.0. The fourth-order valence-electron chi connectivity index (χ4n) is 8.75.